The topological polar surface area (TPSA) is 47.6 Å². The minimum absolute atomic E-state index is 0.416. The van der Waals surface area contributed by atoms with Gasteiger partial charge in [0, 0.05) is 4.90 Å². The Kier molecular flexibility index (Phi) is 4.39. The Labute approximate surface area is 99.5 Å². The molecule has 2 nitrogen and oxygen atoms in total. The first-order chi connectivity index (χ1) is 7.72. The molecule has 0 aromatic heterocycles. The first-order valence-corrected chi connectivity index (χ1v) is 5.45. The van der Waals surface area contributed by atoms with Crippen molar-refractivity contribution in [3.8, 4) is 12.1 Å². The smallest absolute Gasteiger partial charge is 0.102 e. The number of nitriles is 2. The fraction of sp³-hybridized carbons (Fsp3) is 0.0769. The number of rotatable bonds is 3. The maximum atomic E-state index is 9.02. The van der Waals surface area contributed by atoms with E-state index < -0.39 is 0 Å². The second-order valence-electron chi connectivity index (χ2n) is 3.02. The average molecular weight is 226 g/mol. The SMILES string of the molecule is C=C/C=C(\C)Sc1cccc(C#N)c1C#N. The Morgan fingerprint density at radius 1 is 1.38 bits per heavy atom. The van der Waals surface area contributed by atoms with Gasteiger partial charge >= 0.3 is 0 Å². The first-order valence-electron chi connectivity index (χ1n) is 4.63. The van der Waals surface area contributed by atoms with E-state index in [1.807, 2.05) is 25.1 Å². The van der Waals surface area contributed by atoms with Crippen LogP contribution in [0.25, 0.3) is 0 Å². The van der Waals surface area contributed by atoms with Crippen LogP contribution in [0.15, 0.2) is 46.7 Å². The fourth-order valence-electron chi connectivity index (χ4n) is 1.20. The molecule has 0 spiro atoms. The number of allylic oxidation sites excluding steroid dienone is 3. The lowest BCUT2D eigenvalue weighted by Gasteiger charge is -2.04. The fourth-order valence-corrected chi connectivity index (χ4v) is 2.11. The molecule has 0 aliphatic rings. The summed E-state index contributed by atoms with van der Waals surface area (Å²) < 4.78 is 0. The Morgan fingerprint density at radius 2 is 2.12 bits per heavy atom. The van der Waals surface area contributed by atoms with E-state index in [2.05, 4.69) is 12.6 Å². The van der Waals surface area contributed by atoms with Gasteiger partial charge in [-0.15, -0.1) is 0 Å². The minimum atomic E-state index is 0.416. The highest BCUT2D eigenvalue weighted by atomic mass is 32.2. The lowest BCUT2D eigenvalue weighted by Crippen LogP contribution is -1.87. The van der Waals surface area contributed by atoms with E-state index in [0.717, 1.165) is 9.80 Å². The van der Waals surface area contributed by atoms with Crippen LogP contribution in [0.4, 0.5) is 0 Å². The van der Waals surface area contributed by atoms with Gasteiger partial charge in [0.2, 0.25) is 0 Å². The number of benzene rings is 1. The van der Waals surface area contributed by atoms with Gasteiger partial charge in [0.15, 0.2) is 0 Å². The second-order valence-corrected chi connectivity index (χ2v) is 4.31. The molecule has 0 aliphatic heterocycles. The van der Waals surface area contributed by atoms with E-state index in [0.29, 0.717) is 11.1 Å². The predicted octanol–water partition coefficient (Wildman–Crippen LogP) is 3.61. The van der Waals surface area contributed by atoms with Gasteiger partial charge in [-0.2, -0.15) is 10.5 Å². The molecule has 3 heteroatoms. The van der Waals surface area contributed by atoms with Crippen LogP contribution in [0.3, 0.4) is 0 Å². The van der Waals surface area contributed by atoms with E-state index >= 15 is 0 Å². The summed E-state index contributed by atoms with van der Waals surface area (Å²) in [5.74, 6) is 0. The van der Waals surface area contributed by atoms with Crippen molar-refractivity contribution in [2.75, 3.05) is 0 Å². The molecule has 0 amide bonds. The molecule has 0 bridgehead atoms. The Bertz CT molecular complexity index is 516. The van der Waals surface area contributed by atoms with Gasteiger partial charge in [0.25, 0.3) is 0 Å². The van der Waals surface area contributed by atoms with Crippen LogP contribution in [-0.2, 0) is 0 Å². The number of thioether (sulfide) groups is 1. The summed E-state index contributed by atoms with van der Waals surface area (Å²) in [5, 5.41) is 17.9. The third kappa shape index (κ3) is 2.76. The van der Waals surface area contributed by atoms with Crippen LogP contribution in [0.2, 0.25) is 0 Å². The van der Waals surface area contributed by atoms with E-state index in [1.54, 1.807) is 18.2 Å². The maximum Gasteiger partial charge on any atom is 0.102 e. The Morgan fingerprint density at radius 3 is 2.69 bits per heavy atom. The van der Waals surface area contributed by atoms with Crippen molar-refractivity contribution in [3.63, 3.8) is 0 Å². The van der Waals surface area contributed by atoms with Crippen LogP contribution >= 0.6 is 11.8 Å². The normalized spacial score (nSPS) is 10.3. The number of hydrogen-bond donors (Lipinski definition) is 0. The van der Waals surface area contributed by atoms with E-state index in [1.165, 1.54) is 11.8 Å². The largest absolute Gasteiger partial charge is 0.192 e. The molecule has 0 saturated carbocycles. The Balaban J connectivity index is 3.16. The zero-order chi connectivity index (χ0) is 12.0. The van der Waals surface area contributed by atoms with Crippen molar-refractivity contribution in [2.24, 2.45) is 0 Å². The van der Waals surface area contributed by atoms with E-state index in [9.17, 15) is 0 Å². The highest BCUT2D eigenvalue weighted by Gasteiger charge is 2.08. The molecule has 0 unspecified atom stereocenters. The quantitative estimate of drug-likeness (QED) is 0.584. The van der Waals surface area contributed by atoms with Crippen molar-refractivity contribution in [1.82, 2.24) is 0 Å². The minimum Gasteiger partial charge on any atom is -0.192 e. The summed E-state index contributed by atoms with van der Waals surface area (Å²) in [7, 11) is 0. The van der Waals surface area contributed by atoms with Gasteiger partial charge in [0.05, 0.1) is 11.1 Å². The van der Waals surface area contributed by atoms with Crippen molar-refractivity contribution in [1.29, 1.82) is 10.5 Å². The molecule has 16 heavy (non-hydrogen) atoms. The van der Waals surface area contributed by atoms with Crippen LogP contribution < -0.4 is 0 Å². The van der Waals surface area contributed by atoms with Gasteiger partial charge in [0.1, 0.15) is 12.1 Å². The van der Waals surface area contributed by atoms with Gasteiger partial charge in [-0.05, 0) is 24.0 Å². The molecular weight excluding hydrogens is 216 g/mol. The molecule has 0 atom stereocenters. The third-order valence-corrected chi connectivity index (χ3v) is 2.90. The number of hydrogen-bond acceptors (Lipinski definition) is 3. The van der Waals surface area contributed by atoms with Crippen LogP contribution in [0.5, 0.6) is 0 Å². The third-order valence-electron chi connectivity index (χ3n) is 1.88. The highest BCUT2D eigenvalue weighted by molar-refractivity contribution is 8.03. The molecule has 1 rings (SSSR count). The van der Waals surface area contributed by atoms with Crippen molar-refractivity contribution in [2.45, 2.75) is 11.8 Å². The standard InChI is InChI=1S/C13H10N2S/c1-3-5-10(2)16-13-7-4-6-11(8-14)12(13)9-15/h3-7H,1H2,2H3/b10-5+. The summed E-state index contributed by atoms with van der Waals surface area (Å²) in [5.41, 5.74) is 0.853. The summed E-state index contributed by atoms with van der Waals surface area (Å²) >= 11 is 1.47. The summed E-state index contributed by atoms with van der Waals surface area (Å²) in [4.78, 5) is 1.83. The Hall–Kier alpha value is -1.97. The molecule has 1 aromatic rings. The molecule has 0 radical (unpaired) electrons. The van der Waals surface area contributed by atoms with Gasteiger partial charge in [-0.3, -0.25) is 0 Å². The first kappa shape index (κ1) is 12.1. The lowest BCUT2D eigenvalue weighted by atomic mass is 10.1. The van der Waals surface area contributed by atoms with E-state index in [4.69, 9.17) is 10.5 Å². The number of nitrogens with zero attached hydrogens (tertiary/aromatic N) is 2. The molecular formula is C13H10N2S. The van der Waals surface area contributed by atoms with Crippen LogP contribution in [0.1, 0.15) is 18.1 Å². The zero-order valence-electron chi connectivity index (χ0n) is 8.90. The molecule has 1 aromatic carbocycles. The summed E-state index contributed by atoms with van der Waals surface area (Å²) in [6, 6.07) is 9.35. The van der Waals surface area contributed by atoms with Gasteiger partial charge in [-0.25, -0.2) is 0 Å². The molecule has 0 fully saturated rings. The van der Waals surface area contributed by atoms with Crippen molar-refractivity contribution in [3.05, 3.63) is 53.0 Å². The highest BCUT2D eigenvalue weighted by Crippen LogP contribution is 2.30. The van der Waals surface area contributed by atoms with Crippen molar-refractivity contribution >= 4 is 11.8 Å². The lowest BCUT2D eigenvalue weighted by molar-refractivity contribution is 1.33. The van der Waals surface area contributed by atoms with Gasteiger partial charge in [-0.1, -0.05) is 36.6 Å². The van der Waals surface area contributed by atoms with E-state index in [-0.39, 0.29) is 0 Å². The monoisotopic (exact) mass is 226 g/mol. The molecule has 78 valence electrons. The van der Waals surface area contributed by atoms with Gasteiger partial charge < -0.3 is 0 Å². The molecule has 0 heterocycles. The second kappa shape index (κ2) is 5.80. The maximum absolute atomic E-state index is 9.02. The average Bonchev–Trinajstić information content (AvgIpc) is 2.29. The van der Waals surface area contributed by atoms with Crippen LogP contribution in [0, 0.1) is 22.7 Å². The predicted molar refractivity (Wildman–Crippen MR) is 65.7 cm³/mol. The summed E-state index contributed by atoms with van der Waals surface area (Å²) in [6.07, 6.45) is 3.56. The van der Waals surface area contributed by atoms with Crippen molar-refractivity contribution < 1.29 is 0 Å². The zero-order valence-corrected chi connectivity index (χ0v) is 9.71. The van der Waals surface area contributed by atoms with Crippen LogP contribution in [-0.4, -0.2) is 0 Å². The summed E-state index contributed by atoms with van der Waals surface area (Å²) in [6.45, 7) is 5.55. The molecule has 0 N–H and O–H groups in total. The molecule has 0 aliphatic carbocycles. The molecule has 0 saturated heterocycles.